The molecule has 0 radical (unpaired) electrons. The van der Waals surface area contributed by atoms with Gasteiger partial charge in [0.2, 0.25) is 11.8 Å². The van der Waals surface area contributed by atoms with Crippen molar-refractivity contribution in [1.29, 1.82) is 0 Å². The highest BCUT2D eigenvalue weighted by atomic mass is 35.5. The number of anilines is 1. The molecule has 2 fully saturated rings. The lowest BCUT2D eigenvalue weighted by Crippen LogP contribution is -2.29. The first-order valence-electron chi connectivity index (χ1n) is 6.60. The molecule has 2 atom stereocenters. The van der Waals surface area contributed by atoms with E-state index in [0.717, 1.165) is 12.8 Å². The van der Waals surface area contributed by atoms with E-state index >= 15 is 0 Å². The Bertz CT molecular complexity index is 552. The molecule has 4 nitrogen and oxygen atoms in total. The van der Waals surface area contributed by atoms with Crippen molar-refractivity contribution in [3.8, 4) is 0 Å². The van der Waals surface area contributed by atoms with Crippen molar-refractivity contribution < 1.29 is 9.59 Å². The van der Waals surface area contributed by atoms with Crippen LogP contribution in [0.2, 0.25) is 10.0 Å². The maximum absolute atomic E-state index is 12.0. The average Bonchev–Trinajstić information content (AvgIpc) is 3.22. The number of benzene rings is 1. The van der Waals surface area contributed by atoms with Gasteiger partial charge in [-0.2, -0.15) is 0 Å². The van der Waals surface area contributed by atoms with Crippen molar-refractivity contribution in [2.24, 2.45) is 11.8 Å². The van der Waals surface area contributed by atoms with E-state index in [9.17, 15) is 9.59 Å². The van der Waals surface area contributed by atoms with Crippen LogP contribution in [0, 0.1) is 11.8 Å². The van der Waals surface area contributed by atoms with Gasteiger partial charge in [0.15, 0.2) is 0 Å². The molecule has 0 spiro atoms. The molecule has 1 aromatic carbocycles. The number of carbonyl (C=O) groups excluding carboxylic acids is 2. The second-order valence-corrected chi connectivity index (χ2v) is 6.25. The van der Waals surface area contributed by atoms with Crippen LogP contribution >= 0.6 is 23.2 Å². The van der Waals surface area contributed by atoms with Crippen molar-refractivity contribution in [3.05, 3.63) is 28.2 Å². The molecule has 1 aromatic rings. The predicted octanol–water partition coefficient (Wildman–Crippen LogP) is 2.85. The first kappa shape index (κ1) is 13.7. The molecular formula is C14H14Cl2N2O2. The van der Waals surface area contributed by atoms with E-state index in [2.05, 4.69) is 10.6 Å². The SMILES string of the molecule is O=C(Nc1cc(Cl)cc(Cl)c1)C1CC1C(=O)NC1CC1. The Kier molecular flexibility index (Phi) is 3.61. The molecule has 0 saturated heterocycles. The Labute approximate surface area is 126 Å². The lowest BCUT2D eigenvalue weighted by atomic mass is 10.2. The maximum atomic E-state index is 12.0. The van der Waals surface area contributed by atoms with Crippen LogP contribution in [0.25, 0.3) is 0 Å². The summed E-state index contributed by atoms with van der Waals surface area (Å²) in [5.74, 6) is -0.590. The summed E-state index contributed by atoms with van der Waals surface area (Å²) in [6.07, 6.45) is 2.71. The summed E-state index contributed by atoms with van der Waals surface area (Å²) in [5.41, 5.74) is 0.556. The van der Waals surface area contributed by atoms with Crippen molar-refractivity contribution in [2.75, 3.05) is 5.32 Å². The standard InChI is InChI=1S/C14H14Cl2N2O2/c15-7-3-8(16)5-10(4-7)18-14(20)12-6-11(12)13(19)17-9-1-2-9/h3-5,9,11-12H,1-2,6H2,(H,17,19)(H,18,20). The minimum absolute atomic E-state index is 0.00298. The zero-order valence-corrected chi connectivity index (χ0v) is 12.2. The van der Waals surface area contributed by atoms with Gasteiger partial charge in [-0.05, 0) is 37.5 Å². The summed E-state index contributed by atoms with van der Waals surface area (Å²) in [4.78, 5) is 23.8. The van der Waals surface area contributed by atoms with Crippen LogP contribution in [-0.4, -0.2) is 17.9 Å². The van der Waals surface area contributed by atoms with Gasteiger partial charge >= 0.3 is 0 Å². The highest BCUT2D eigenvalue weighted by Gasteiger charge is 2.48. The van der Waals surface area contributed by atoms with Gasteiger partial charge in [-0.25, -0.2) is 0 Å². The van der Waals surface area contributed by atoms with Gasteiger partial charge in [0.05, 0.1) is 11.8 Å². The molecule has 2 aliphatic carbocycles. The van der Waals surface area contributed by atoms with Crippen molar-refractivity contribution in [1.82, 2.24) is 5.32 Å². The molecule has 106 valence electrons. The summed E-state index contributed by atoms with van der Waals surface area (Å²) in [6.45, 7) is 0. The Morgan fingerprint density at radius 1 is 1.00 bits per heavy atom. The van der Waals surface area contributed by atoms with Crippen LogP contribution < -0.4 is 10.6 Å². The monoisotopic (exact) mass is 312 g/mol. The smallest absolute Gasteiger partial charge is 0.228 e. The summed E-state index contributed by atoms with van der Waals surface area (Å²) >= 11 is 11.7. The molecular weight excluding hydrogens is 299 g/mol. The lowest BCUT2D eigenvalue weighted by molar-refractivity contribution is -0.125. The highest BCUT2D eigenvalue weighted by molar-refractivity contribution is 6.35. The summed E-state index contributed by atoms with van der Waals surface area (Å²) in [6, 6.07) is 5.19. The largest absolute Gasteiger partial charge is 0.353 e. The Morgan fingerprint density at radius 3 is 2.20 bits per heavy atom. The normalized spacial score (nSPS) is 24.1. The molecule has 2 unspecified atom stereocenters. The number of hydrogen-bond donors (Lipinski definition) is 2. The zero-order chi connectivity index (χ0) is 14.3. The number of rotatable bonds is 4. The first-order chi connectivity index (χ1) is 9.52. The summed E-state index contributed by atoms with van der Waals surface area (Å²) in [7, 11) is 0. The second-order valence-electron chi connectivity index (χ2n) is 5.38. The fourth-order valence-electron chi connectivity index (χ4n) is 2.17. The molecule has 0 aliphatic heterocycles. The summed E-state index contributed by atoms with van der Waals surface area (Å²) < 4.78 is 0. The lowest BCUT2D eigenvalue weighted by Gasteiger charge is -2.06. The van der Waals surface area contributed by atoms with E-state index in [-0.39, 0.29) is 23.7 Å². The van der Waals surface area contributed by atoms with E-state index in [1.165, 1.54) is 0 Å². The van der Waals surface area contributed by atoms with Crippen molar-refractivity contribution in [2.45, 2.75) is 25.3 Å². The minimum atomic E-state index is -0.244. The topological polar surface area (TPSA) is 58.2 Å². The van der Waals surface area contributed by atoms with E-state index in [4.69, 9.17) is 23.2 Å². The third-order valence-electron chi connectivity index (χ3n) is 3.52. The third kappa shape index (κ3) is 3.25. The highest BCUT2D eigenvalue weighted by Crippen LogP contribution is 2.40. The Hall–Kier alpha value is -1.26. The molecule has 3 rings (SSSR count). The van der Waals surface area contributed by atoms with Gasteiger partial charge in [0, 0.05) is 21.8 Å². The predicted molar refractivity (Wildman–Crippen MR) is 77.9 cm³/mol. The van der Waals surface area contributed by atoms with Crippen molar-refractivity contribution in [3.63, 3.8) is 0 Å². The zero-order valence-electron chi connectivity index (χ0n) is 10.7. The fourth-order valence-corrected chi connectivity index (χ4v) is 2.70. The molecule has 2 aliphatic rings. The number of amides is 2. The molecule has 2 N–H and O–H groups in total. The van der Waals surface area contributed by atoms with Crippen molar-refractivity contribution >= 4 is 40.7 Å². The van der Waals surface area contributed by atoms with Gasteiger partial charge in [-0.3, -0.25) is 9.59 Å². The van der Waals surface area contributed by atoms with Gasteiger partial charge in [0.25, 0.3) is 0 Å². The van der Waals surface area contributed by atoms with Crippen LogP contribution in [0.4, 0.5) is 5.69 Å². The van der Waals surface area contributed by atoms with Crippen LogP contribution in [0.15, 0.2) is 18.2 Å². The third-order valence-corrected chi connectivity index (χ3v) is 3.95. The van der Waals surface area contributed by atoms with Gasteiger partial charge in [-0.1, -0.05) is 23.2 Å². The molecule has 0 aromatic heterocycles. The number of halogens is 2. The fraction of sp³-hybridized carbons (Fsp3) is 0.429. The number of nitrogens with one attached hydrogen (secondary N) is 2. The van der Waals surface area contributed by atoms with Gasteiger partial charge in [-0.15, -0.1) is 0 Å². The Balaban J connectivity index is 1.56. The van der Waals surface area contributed by atoms with E-state index in [0.29, 0.717) is 28.2 Å². The average molecular weight is 313 g/mol. The molecule has 0 heterocycles. The molecule has 6 heteroatoms. The van der Waals surface area contributed by atoms with Crippen LogP contribution in [0.3, 0.4) is 0 Å². The minimum Gasteiger partial charge on any atom is -0.353 e. The Morgan fingerprint density at radius 2 is 1.60 bits per heavy atom. The van der Waals surface area contributed by atoms with Gasteiger partial charge in [0.1, 0.15) is 0 Å². The van der Waals surface area contributed by atoms with Crippen LogP contribution in [0.1, 0.15) is 19.3 Å². The molecule has 20 heavy (non-hydrogen) atoms. The van der Waals surface area contributed by atoms with E-state index in [1.807, 2.05) is 0 Å². The summed E-state index contributed by atoms with van der Waals surface area (Å²) in [5, 5.41) is 6.60. The van der Waals surface area contributed by atoms with Crippen LogP contribution in [-0.2, 0) is 9.59 Å². The van der Waals surface area contributed by atoms with Gasteiger partial charge < -0.3 is 10.6 Å². The first-order valence-corrected chi connectivity index (χ1v) is 7.36. The maximum Gasteiger partial charge on any atom is 0.228 e. The molecule has 0 bridgehead atoms. The second kappa shape index (κ2) is 5.26. The van der Waals surface area contributed by atoms with E-state index in [1.54, 1.807) is 18.2 Å². The number of hydrogen-bond acceptors (Lipinski definition) is 2. The quantitative estimate of drug-likeness (QED) is 0.898. The van der Waals surface area contributed by atoms with Crippen LogP contribution in [0.5, 0.6) is 0 Å². The molecule has 2 saturated carbocycles. The van der Waals surface area contributed by atoms with E-state index < -0.39 is 0 Å². The molecule has 2 amide bonds. The number of carbonyl (C=O) groups is 2.